The summed E-state index contributed by atoms with van der Waals surface area (Å²) in [5, 5.41) is 24.6. The lowest BCUT2D eigenvalue weighted by molar-refractivity contribution is -0.128. The number of carbonyl (C=O) groups is 4. The topological polar surface area (TPSA) is 162 Å². The molecule has 2 aliphatic carbocycles. The number of benzene rings is 2. The van der Waals surface area contributed by atoms with Crippen molar-refractivity contribution in [1.82, 2.24) is 31.2 Å². The fourth-order valence-electron chi connectivity index (χ4n) is 8.18. The minimum absolute atomic E-state index is 0.161. The first-order valence-corrected chi connectivity index (χ1v) is 20.1. The van der Waals surface area contributed by atoms with Gasteiger partial charge in [0, 0.05) is 71.9 Å². The number of hydrogen-bond acceptors (Lipinski definition) is 7. The van der Waals surface area contributed by atoms with Gasteiger partial charge in [0.25, 0.3) is 11.8 Å². The molecule has 4 aromatic rings. The van der Waals surface area contributed by atoms with E-state index in [9.17, 15) is 24.3 Å². The molecule has 0 spiro atoms. The Bertz CT molecular complexity index is 1710. The molecule has 4 amide bonds. The van der Waals surface area contributed by atoms with Gasteiger partial charge >= 0.3 is 0 Å². The van der Waals surface area contributed by atoms with Crippen LogP contribution in [0.2, 0.25) is 0 Å². The van der Waals surface area contributed by atoms with Gasteiger partial charge in [0.1, 0.15) is 0 Å². The summed E-state index contributed by atoms with van der Waals surface area (Å²) in [5.41, 5.74) is 2.98. The minimum Gasteiger partial charge on any atom is -0.393 e. The van der Waals surface area contributed by atoms with Crippen molar-refractivity contribution in [3.8, 4) is 0 Å². The highest BCUT2D eigenvalue weighted by molar-refractivity contribution is 5.95. The van der Waals surface area contributed by atoms with Crippen LogP contribution in [0.5, 0.6) is 0 Å². The van der Waals surface area contributed by atoms with Gasteiger partial charge in [-0.25, -0.2) is 0 Å². The maximum absolute atomic E-state index is 14.2. The summed E-state index contributed by atoms with van der Waals surface area (Å²) in [6.45, 7) is 0. The van der Waals surface area contributed by atoms with Crippen molar-refractivity contribution in [2.45, 2.75) is 107 Å². The number of nitrogens with one attached hydrogen (secondary N) is 4. The number of carbonyl (C=O) groups excluding carboxylic acids is 4. The third-order valence-electron chi connectivity index (χ3n) is 11.2. The van der Waals surface area contributed by atoms with Gasteiger partial charge < -0.3 is 26.4 Å². The molecular weight excluding hydrogens is 705 g/mol. The molecule has 2 heterocycles. The molecule has 1 unspecified atom stereocenters. The second-order valence-electron chi connectivity index (χ2n) is 15.3. The average molecular weight is 759 g/mol. The highest BCUT2D eigenvalue weighted by atomic mass is 16.3. The van der Waals surface area contributed by atoms with Crippen molar-refractivity contribution < 1.29 is 24.3 Å². The summed E-state index contributed by atoms with van der Waals surface area (Å²) in [7, 11) is 0. The molecule has 11 heteroatoms. The quantitative estimate of drug-likeness (QED) is 0.103. The number of aliphatic hydroxyl groups is 1. The molecule has 0 saturated heterocycles. The summed E-state index contributed by atoms with van der Waals surface area (Å²) in [6.07, 6.45) is 13.3. The number of aliphatic hydroxyl groups excluding tert-OH is 1. The van der Waals surface area contributed by atoms with Gasteiger partial charge in [-0.15, -0.1) is 0 Å². The van der Waals surface area contributed by atoms with Crippen molar-refractivity contribution in [1.29, 1.82) is 0 Å². The monoisotopic (exact) mass is 758 g/mol. The normalized spacial score (nSPS) is 21.1. The number of aromatic nitrogens is 2. The van der Waals surface area contributed by atoms with E-state index in [1.807, 2.05) is 60.7 Å². The predicted molar refractivity (Wildman–Crippen MR) is 214 cm³/mol. The second kappa shape index (κ2) is 20.5. The van der Waals surface area contributed by atoms with E-state index in [4.69, 9.17) is 0 Å². The maximum atomic E-state index is 14.2. The van der Waals surface area contributed by atoms with Crippen LogP contribution >= 0.6 is 0 Å². The SMILES string of the molecule is O=C(N[C@H]1CCCC[C@@H]1NC(=O)[C@H](Cc1ccccc1)CC(O)C[C@H](Cc1ccccc1)C(=O)N[C@H]1CCCC[C@@H]1NC(=O)c1ccncc1)c1ccncc1. The van der Waals surface area contributed by atoms with Crippen molar-refractivity contribution in [2.75, 3.05) is 0 Å². The lowest BCUT2D eigenvalue weighted by Gasteiger charge is -2.35. The van der Waals surface area contributed by atoms with E-state index in [1.165, 1.54) is 0 Å². The van der Waals surface area contributed by atoms with E-state index < -0.39 is 17.9 Å². The van der Waals surface area contributed by atoms with E-state index >= 15 is 0 Å². The largest absolute Gasteiger partial charge is 0.393 e. The third-order valence-corrected chi connectivity index (χ3v) is 11.2. The first kappa shape index (κ1) is 40.2. The Labute approximate surface area is 329 Å². The Morgan fingerprint density at radius 3 is 1.21 bits per heavy atom. The molecule has 2 aliphatic rings. The molecule has 294 valence electrons. The Morgan fingerprint density at radius 1 is 0.518 bits per heavy atom. The Hall–Kier alpha value is -5.42. The van der Waals surface area contributed by atoms with E-state index in [0.29, 0.717) is 24.0 Å². The first-order chi connectivity index (χ1) is 27.3. The number of nitrogens with zero attached hydrogens (tertiary/aromatic N) is 2. The zero-order valence-corrected chi connectivity index (χ0v) is 31.9. The smallest absolute Gasteiger partial charge is 0.251 e. The zero-order chi connectivity index (χ0) is 39.1. The van der Waals surface area contributed by atoms with Crippen LogP contribution in [-0.4, -0.2) is 69.0 Å². The Balaban J connectivity index is 1.14. The lowest BCUT2D eigenvalue weighted by Crippen LogP contribution is -2.55. The summed E-state index contributed by atoms with van der Waals surface area (Å²) < 4.78 is 0. The van der Waals surface area contributed by atoms with E-state index in [1.54, 1.807) is 49.1 Å². The number of rotatable bonds is 16. The van der Waals surface area contributed by atoms with Crippen LogP contribution < -0.4 is 21.3 Å². The predicted octanol–water partition coefficient (Wildman–Crippen LogP) is 5.35. The van der Waals surface area contributed by atoms with Gasteiger partial charge in [0.15, 0.2) is 0 Å². The third kappa shape index (κ3) is 11.8. The van der Waals surface area contributed by atoms with Crippen molar-refractivity contribution in [3.63, 3.8) is 0 Å². The molecule has 5 N–H and O–H groups in total. The van der Waals surface area contributed by atoms with Crippen LogP contribution in [0.3, 0.4) is 0 Å². The van der Waals surface area contributed by atoms with Gasteiger partial charge in [-0.3, -0.25) is 29.1 Å². The van der Waals surface area contributed by atoms with Crippen molar-refractivity contribution >= 4 is 23.6 Å². The molecule has 0 bridgehead atoms. The molecule has 0 radical (unpaired) electrons. The van der Waals surface area contributed by atoms with E-state index in [0.717, 1.165) is 62.5 Å². The highest BCUT2D eigenvalue weighted by Gasteiger charge is 2.34. The Morgan fingerprint density at radius 2 is 0.857 bits per heavy atom. The highest BCUT2D eigenvalue weighted by Crippen LogP contribution is 2.26. The summed E-state index contributed by atoms with van der Waals surface area (Å²) in [6, 6.07) is 25.2. The second-order valence-corrected chi connectivity index (χ2v) is 15.3. The van der Waals surface area contributed by atoms with Crippen molar-refractivity contribution in [2.24, 2.45) is 11.8 Å². The number of amides is 4. The summed E-state index contributed by atoms with van der Waals surface area (Å²) >= 11 is 0. The Kier molecular flexibility index (Phi) is 14.7. The van der Waals surface area contributed by atoms with Crippen LogP contribution in [-0.2, 0) is 22.4 Å². The van der Waals surface area contributed by atoms with Crippen LogP contribution in [0.15, 0.2) is 110 Å². The van der Waals surface area contributed by atoms with Crippen LogP contribution in [0.1, 0.15) is 96.1 Å². The number of pyridine rings is 2. The molecule has 2 fully saturated rings. The van der Waals surface area contributed by atoms with Gasteiger partial charge in [-0.05, 0) is 86.8 Å². The number of hydrogen-bond donors (Lipinski definition) is 5. The first-order valence-electron chi connectivity index (χ1n) is 20.1. The molecule has 7 atom stereocenters. The van der Waals surface area contributed by atoms with Crippen LogP contribution in [0.4, 0.5) is 0 Å². The maximum Gasteiger partial charge on any atom is 0.251 e. The van der Waals surface area contributed by atoms with Gasteiger partial charge in [-0.2, -0.15) is 0 Å². The van der Waals surface area contributed by atoms with Crippen LogP contribution in [0, 0.1) is 11.8 Å². The summed E-state index contributed by atoms with van der Waals surface area (Å²) in [4.78, 5) is 62.5. The zero-order valence-electron chi connectivity index (χ0n) is 31.9. The van der Waals surface area contributed by atoms with Gasteiger partial charge in [-0.1, -0.05) is 86.3 Å². The van der Waals surface area contributed by atoms with Gasteiger partial charge in [0.2, 0.25) is 11.8 Å². The van der Waals surface area contributed by atoms with E-state index in [-0.39, 0.29) is 60.6 Å². The average Bonchev–Trinajstić information content (AvgIpc) is 3.23. The molecule has 6 rings (SSSR count). The van der Waals surface area contributed by atoms with Crippen molar-refractivity contribution in [3.05, 3.63) is 132 Å². The lowest BCUT2D eigenvalue weighted by atomic mass is 9.85. The standard InChI is InChI=1S/C45H54N6O5/c52-37(29-35(27-31-11-3-1-4-12-31)44(55)50-40-17-9-7-15-38(40)48-42(53)33-19-23-46-24-20-33)30-36(28-32-13-5-2-6-14-32)45(56)51-41-18-10-8-16-39(41)49-43(54)34-21-25-47-26-22-34/h1-6,11-14,19-26,35-41,52H,7-10,15-18,27-30H2,(H,48,53)(H,49,54)(H,50,55)(H,51,56)/t35-,36+,37?,38-,39-,40-,41-/m0/s1. The molecule has 2 aromatic heterocycles. The van der Waals surface area contributed by atoms with Crippen LogP contribution in [0.25, 0.3) is 0 Å². The minimum atomic E-state index is -0.948. The fraction of sp³-hybridized carbons (Fsp3) is 0.422. The summed E-state index contributed by atoms with van der Waals surface area (Å²) in [5.74, 6) is -1.90. The molecule has 2 saturated carbocycles. The molecule has 2 aromatic carbocycles. The fourth-order valence-corrected chi connectivity index (χ4v) is 8.18. The molecule has 56 heavy (non-hydrogen) atoms. The molecule has 0 aliphatic heterocycles. The molecular formula is C45H54N6O5. The van der Waals surface area contributed by atoms with E-state index in [2.05, 4.69) is 31.2 Å². The molecule has 11 nitrogen and oxygen atoms in total. The van der Waals surface area contributed by atoms with Gasteiger partial charge in [0.05, 0.1) is 6.10 Å².